The number of likely N-dealkylation sites (tertiary alicyclic amines) is 1. The van der Waals surface area contributed by atoms with Gasteiger partial charge in [0.1, 0.15) is 5.82 Å². The monoisotopic (exact) mass is 402 g/mol. The number of rotatable bonds is 4. The first-order valence-corrected chi connectivity index (χ1v) is 8.22. The highest BCUT2D eigenvalue weighted by Gasteiger charge is 2.57. The minimum atomic E-state index is -5.05. The van der Waals surface area contributed by atoms with Gasteiger partial charge in [0.05, 0.1) is 5.92 Å². The Balaban J connectivity index is 1.99. The third kappa shape index (κ3) is 4.66. The van der Waals surface area contributed by atoms with Crippen molar-refractivity contribution < 1.29 is 36.2 Å². The highest BCUT2D eigenvalue weighted by molar-refractivity contribution is 5.74. The van der Waals surface area contributed by atoms with Crippen LogP contribution in [0.3, 0.4) is 0 Å². The van der Waals surface area contributed by atoms with Crippen LogP contribution >= 0.6 is 0 Å². The van der Waals surface area contributed by atoms with Gasteiger partial charge in [-0.05, 0) is 12.8 Å². The summed E-state index contributed by atoms with van der Waals surface area (Å²) in [6.07, 6.45) is -8.04. The number of amides is 2. The second-order valence-corrected chi connectivity index (χ2v) is 6.53. The molecule has 1 aliphatic rings. The molecule has 6 nitrogen and oxygen atoms in total. The normalized spacial score (nSPS) is 21.0. The topological polar surface area (TPSA) is 70.4 Å². The lowest BCUT2D eigenvalue weighted by Crippen LogP contribution is -2.50. The molecule has 154 valence electrons. The number of carbonyl (C=O) groups excluding carboxylic acids is 1. The fraction of sp³-hybridized carbons (Fsp3) is 0.733. The van der Waals surface area contributed by atoms with Crippen LogP contribution < -0.4 is 5.32 Å². The predicted octanol–water partition coefficient (Wildman–Crippen LogP) is 2.54. The number of hydrogen-bond acceptors (Lipinski definition) is 3. The van der Waals surface area contributed by atoms with Crippen molar-refractivity contribution in [1.82, 2.24) is 19.8 Å². The summed E-state index contributed by atoms with van der Waals surface area (Å²) in [4.78, 5) is 16.5. The van der Waals surface area contributed by atoms with Crippen LogP contribution in [0.2, 0.25) is 0 Å². The van der Waals surface area contributed by atoms with Crippen LogP contribution in [-0.2, 0) is 12.6 Å². The van der Waals surface area contributed by atoms with Gasteiger partial charge in [-0.1, -0.05) is 0 Å². The zero-order valence-electron chi connectivity index (χ0n) is 14.4. The number of alkyl halides is 6. The Kier molecular flexibility index (Phi) is 5.97. The maximum absolute atomic E-state index is 13.4. The molecule has 1 aromatic rings. The number of nitrogens with zero attached hydrogens (tertiary/aromatic N) is 3. The molecule has 12 heteroatoms. The highest BCUT2D eigenvalue weighted by atomic mass is 19.4. The number of aliphatic hydroxyl groups is 1. The van der Waals surface area contributed by atoms with Crippen LogP contribution in [0.15, 0.2) is 12.4 Å². The van der Waals surface area contributed by atoms with Gasteiger partial charge < -0.3 is 19.9 Å². The molecule has 2 rings (SSSR count). The molecule has 0 aromatic carbocycles. The number of urea groups is 1. The van der Waals surface area contributed by atoms with Crippen molar-refractivity contribution in [3.8, 4) is 0 Å². The molecule has 1 saturated heterocycles. The first kappa shape index (κ1) is 21.3. The maximum Gasteiger partial charge on any atom is 0.424 e. The van der Waals surface area contributed by atoms with E-state index in [4.69, 9.17) is 0 Å². The number of hydrogen-bond donors (Lipinski definition) is 2. The van der Waals surface area contributed by atoms with Crippen molar-refractivity contribution >= 4 is 6.03 Å². The molecule has 2 heterocycles. The number of imidazole rings is 1. The number of nitrogens with one attached hydrogen (secondary N) is 1. The smallest absolute Gasteiger partial charge is 0.374 e. The fourth-order valence-corrected chi connectivity index (χ4v) is 3.04. The molecule has 1 fully saturated rings. The number of aryl methyl sites for hydroxylation is 1. The first-order chi connectivity index (χ1) is 12.4. The fourth-order valence-electron chi connectivity index (χ4n) is 3.04. The molecule has 27 heavy (non-hydrogen) atoms. The quantitative estimate of drug-likeness (QED) is 0.761. The summed E-state index contributed by atoms with van der Waals surface area (Å²) in [6.45, 7) is -1.05. The average Bonchev–Trinajstić information content (AvgIpc) is 2.99. The van der Waals surface area contributed by atoms with Crippen LogP contribution in [0.25, 0.3) is 0 Å². The predicted molar refractivity (Wildman–Crippen MR) is 81.5 cm³/mol. The van der Waals surface area contributed by atoms with Crippen LogP contribution in [0, 0.1) is 5.92 Å². The molecular weight excluding hydrogens is 382 g/mol. The summed E-state index contributed by atoms with van der Waals surface area (Å²) >= 11 is 0. The number of carbonyl (C=O) groups is 1. The van der Waals surface area contributed by atoms with E-state index in [2.05, 4.69) is 10.3 Å². The van der Waals surface area contributed by atoms with Crippen molar-refractivity contribution in [2.45, 2.75) is 37.2 Å². The maximum atomic E-state index is 13.4. The van der Waals surface area contributed by atoms with Crippen LogP contribution in [0.4, 0.5) is 31.1 Å². The van der Waals surface area contributed by atoms with Crippen molar-refractivity contribution in [2.75, 3.05) is 19.6 Å². The Hall–Kier alpha value is -1.98. The Morgan fingerprint density at radius 2 is 2.00 bits per heavy atom. The van der Waals surface area contributed by atoms with Gasteiger partial charge in [-0.25, -0.2) is 9.78 Å². The lowest BCUT2D eigenvalue weighted by molar-refractivity contribution is -0.272. The van der Waals surface area contributed by atoms with E-state index < -0.39 is 55.2 Å². The molecule has 0 unspecified atom stereocenters. The summed E-state index contributed by atoms with van der Waals surface area (Å²) in [6, 6.07) is -0.895. The lowest BCUT2D eigenvalue weighted by atomic mass is 9.97. The van der Waals surface area contributed by atoms with Crippen LogP contribution in [0.1, 0.15) is 25.1 Å². The first-order valence-electron chi connectivity index (χ1n) is 8.22. The van der Waals surface area contributed by atoms with Gasteiger partial charge in [-0.15, -0.1) is 0 Å². The summed E-state index contributed by atoms with van der Waals surface area (Å²) in [5.41, 5.74) is -3.30. The summed E-state index contributed by atoms with van der Waals surface area (Å²) < 4.78 is 79.4. The largest absolute Gasteiger partial charge is 0.424 e. The van der Waals surface area contributed by atoms with Gasteiger partial charge in [-0.2, -0.15) is 26.3 Å². The summed E-state index contributed by atoms with van der Waals surface area (Å²) in [7, 11) is 1.28. The van der Waals surface area contributed by atoms with Gasteiger partial charge in [-0.3, -0.25) is 0 Å². The Bertz CT molecular complexity index is 659. The third-order valence-corrected chi connectivity index (χ3v) is 4.59. The van der Waals surface area contributed by atoms with Gasteiger partial charge in [0.25, 0.3) is 0 Å². The Labute approximate surface area is 151 Å². The molecule has 0 aliphatic carbocycles. The van der Waals surface area contributed by atoms with Gasteiger partial charge in [0, 0.05) is 45.5 Å². The highest BCUT2D eigenvalue weighted by Crippen LogP contribution is 2.40. The molecule has 2 amide bonds. The number of piperidine rings is 1. The van der Waals surface area contributed by atoms with E-state index in [1.807, 2.05) is 0 Å². The van der Waals surface area contributed by atoms with E-state index in [9.17, 15) is 36.2 Å². The van der Waals surface area contributed by atoms with Gasteiger partial charge >= 0.3 is 18.4 Å². The van der Waals surface area contributed by atoms with Crippen LogP contribution in [-0.4, -0.2) is 57.6 Å². The molecule has 2 N–H and O–H groups in total. The molecule has 0 saturated carbocycles. The van der Waals surface area contributed by atoms with Crippen molar-refractivity contribution in [3.63, 3.8) is 0 Å². The van der Waals surface area contributed by atoms with Gasteiger partial charge in [0.2, 0.25) is 5.60 Å². The summed E-state index contributed by atoms with van der Waals surface area (Å²) in [5.74, 6) is -2.30. The van der Waals surface area contributed by atoms with Gasteiger partial charge in [0.15, 0.2) is 0 Å². The molecule has 1 aliphatic heterocycles. The summed E-state index contributed by atoms with van der Waals surface area (Å²) in [5, 5.41) is 12.3. The van der Waals surface area contributed by atoms with E-state index in [0.29, 0.717) is 0 Å². The second kappa shape index (κ2) is 7.56. The SMILES string of the molecule is Cn1ccnc1[C@@](O)(CCNC(=O)N1CCC[C@@H](C(F)(F)F)C1)C(F)(F)F. The molecule has 0 bridgehead atoms. The number of halogens is 6. The van der Waals surface area contributed by atoms with E-state index in [1.54, 1.807) is 0 Å². The molecule has 0 spiro atoms. The van der Waals surface area contributed by atoms with E-state index in [-0.39, 0.29) is 19.4 Å². The second-order valence-electron chi connectivity index (χ2n) is 6.53. The van der Waals surface area contributed by atoms with Crippen molar-refractivity contribution in [2.24, 2.45) is 13.0 Å². The standard InChI is InChI=1S/C15H20F6N4O2/c1-24-8-6-22-11(24)13(27,15(19,20)21)4-5-23-12(26)25-7-2-3-10(9-25)14(16,17)18/h6,8,10,27H,2-5,7,9H2,1H3,(H,23,26)/t10-,13+/m1/s1. The van der Waals surface area contributed by atoms with Crippen molar-refractivity contribution in [1.29, 1.82) is 0 Å². The van der Waals surface area contributed by atoms with Crippen LogP contribution in [0.5, 0.6) is 0 Å². The molecule has 2 atom stereocenters. The lowest BCUT2D eigenvalue weighted by Gasteiger charge is -2.34. The zero-order valence-corrected chi connectivity index (χ0v) is 14.4. The third-order valence-electron chi connectivity index (χ3n) is 4.59. The molecular formula is C15H20F6N4O2. The molecule has 0 radical (unpaired) electrons. The van der Waals surface area contributed by atoms with Crippen molar-refractivity contribution in [3.05, 3.63) is 18.2 Å². The minimum Gasteiger partial charge on any atom is -0.374 e. The van der Waals surface area contributed by atoms with E-state index in [1.165, 1.54) is 13.2 Å². The van der Waals surface area contributed by atoms with E-state index in [0.717, 1.165) is 15.7 Å². The zero-order chi connectivity index (χ0) is 20.5. The minimum absolute atomic E-state index is 0.0846. The average molecular weight is 402 g/mol. The Morgan fingerprint density at radius 1 is 1.33 bits per heavy atom. The van der Waals surface area contributed by atoms with E-state index >= 15 is 0 Å². The Morgan fingerprint density at radius 3 is 2.52 bits per heavy atom. The number of aromatic nitrogens is 2. The molecule has 1 aromatic heterocycles.